The molecule has 88 valence electrons. The summed E-state index contributed by atoms with van der Waals surface area (Å²) in [6.45, 7) is 3.02. The number of rotatable bonds is 3. The van der Waals surface area contributed by atoms with E-state index >= 15 is 0 Å². The third-order valence-electron chi connectivity index (χ3n) is 3.06. The number of halogens is 1. The average molecular weight is 240 g/mol. The molecule has 1 fully saturated rings. The van der Waals surface area contributed by atoms with E-state index in [2.05, 4.69) is 12.2 Å². The van der Waals surface area contributed by atoms with Crippen LogP contribution in [-0.2, 0) is 4.74 Å². The third-order valence-corrected chi connectivity index (χ3v) is 3.39. The topological polar surface area (TPSA) is 21.3 Å². The van der Waals surface area contributed by atoms with Crippen molar-refractivity contribution in [2.24, 2.45) is 0 Å². The minimum Gasteiger partial charge on any atom is -0.381 e. The van der Waals surface area contributed by atoms with Crippen LogP contribution in [0.25, 0.3) is 0 Å². The fourth-order valence-electron chi connectivity index (χ4n) is 2.09. The van der Waals surface area contributed by atoms with E-state index in [4.69, 9.17) is 16.3 Å². The summed E-state index contributed by atoms with van der Waals surface area (Å²) in [6, 6.07) is 8.38. The maximum Gasteiger partial charge on any atom is 0.0637 e. The lowest BCUT2D eigenvalue weighted by Crippen LogP contribution is -2.33. The van der Waals surface area contributed by atoms with E-state index < -0.39 is 0 Å². The van der Waals surface area contributed by atoms with E-state index in [9.17, 15) is 0 Å². The minimum atomic E-state index is 0.397. The Hall–Kier alpha value is -0.730. The predicted molar refractivity (Wildman–Crippen MR) is 68.1 cm³/mol. The first-order valence-corrected chi connectivity index (χ1v) is 6.30. The highest BCUT2D eigenvalue weighted by atomic mass is 35.5. The molecule has 2 rings (SSSR count). The molecule has 0 amide bonds. The van der Waals surface area contributed by atoms with Crippen LogP contribution in [0, 0.1) is 0 Å². The lowest BCUT2D eigenvalue weighted by Gasteiger charge is -2.30. The number of nitrogens with one attached hydrogen (secondary N) is 1. The van der Waals surface area contributed by atoms with Gasteiger partial charge in [0.1, 0.15) is 0 Å². The van der Waals surface area contributed by atoms with Gasteiger partial charge in [0.05, 0.1) is 16.8 Å². The van der Waals surface area contributed by atoms with Crippen molar-refractivity contribution >= 4 is 17.3 Å². The summed E-state index contributed by atoms with van der Waals surface area (Å²) in [7, 11) is 0. The van der Waals surface area contributed by atoms with Crippen LogP contribution in [0.1, 0.15) is 26.2 Å². The Morgan fingerprint density at radius 1 is 1.44 bits per heavy atom. The number of ether oxygens (including phenoxy) is 1. The summed E-state index contributed by atoms with van der Waals surface area (Å²) >= 11 is 6.12. The molecule has 0 radical (unpaired) electrons. The molecule has 2 unspecified atom stereocenters. The summed E-state index contributed by atoms with van der Waals surface area (Å²) < 4.78 is 5.65. The normalized spacial score (nSPS) is 25.4. The summed E-state index contributed by atoms with van der Waals surface area (Å²) in [5.41, 5.74) is 1.03. The van der Waals surface area contributed by atoms with Gasteiger partial charge < -0.3 is 10.1 Å². The molecule has 1 aromatic rings. The fraction of sp³-hybridized carbons (Fsp3) is 0.538. The molecular formula is C13H18ClNO. The number of hydrogen-bond donors (Lipinski definition) is 1. The third kappa shape index (κ3) is 2.89. The second-order valence-electron chi connectivity index (χ2n) is 4.25. The smallest absolute Gasteiger partial charge is 0.0637 e. The van der Waals surface area contributed by atoms with Gasteiger partial charge in [0, 0.05) is 12.6 Å². The zero-order valence-electron chi connectivity index (χ0n) is 9.58. The van der Waals surface area contributed by atoms with Gasteiger partial charge in [0.25, 0.3) is 0 Å². The molecule has 0 spiro atoms. The Kier molecular flexibility index (Phi) is 4.08. The first-order valence-electron chi connectivity index (χ1n) is 5.92. The van der Waals surface area contributed by atoms with Gasteiger partial charge in [-0.2, -0.15) is 0 Å². The molecule has 16 heavy (non-hydrogen) atoms. The average Bonchev–Trinajstić information content (AvgIpc) is 2.32. The van der Waals surface area contributed by atoms with E-state index in [1.807, 2.05) is 24.3 Å². The predicted octanol–water partition coefficient (Wildman–Crippen LogP) is 3.71. The van der Waals surface area contributed by atoms with Gasteiger partial charge in [-0.3, -0.25) is 0 Å². The largest absolute Gasteiger partial charge is 0.381 e. The van der Waals surface area contributed by atoms with Crippen molar-refractivity contribution < 1.29 is 4.74 Å². The van der Waals surface area contributed by atoms with Crippen LogP contribution in [-0.4, -0.2) is 18.8 Å². The highest BCUT2D eigenvalue weighted by Gasteiger charge is 2.21. The van der Waals surface area contributed by atoms with E-state index in [1.54, 1.807) is 0 Å². The maximum absolute atomic E-state index is 6.12. The zero-order chi connectivity index (χ0) is 11.4. The molecule has 0 aliphatic carbocycles. The van der Waals surface area contributed by atoms with Crippen molar-refractivity contribution in [3.05, 3.63) is 29.3 Å². The first kappa shape index (κ1) is 11.7. The van der Waals surface area contributed by atoms with Crippen LogP contribution in [0.5, 0.6) is 0 Å². The molecule has 1 N–H and O–H groups in total. The molecule has 1 aliphatic heterocycles. The highest BCUT2D eigenvalue weighted by molar-refractivity contribution is 6.33. The molecule has 0 aromatic heterocycles. The van der Waals surface area contributed by atoms with E-state index in [0.717, 1.165) is 36.6 Å². The van der Waals surface area contributed by atoms with E-state index in [-0.39, 0.29) is 0 Å². The summed E-state index contributed by atoms with van der Waals surface area (Å²) in [6.07, 6.45) is 3.61. The van der Waals surface area contributed by atoms with Crippen molar-refractivity contribution in [2.75, 3.05) is 11.9 Å². The first-order chi connectivity index (χ1) is 7.79. The number of benzene rings is 1. The van der Waals surface area contributed by atoms with E-state index in [1.165, 1.54) is 0 Å². The van der Waals surface area contributed by atoms with Crippen molar-refractivity contribution in [3.8, 4) is 0 Å². The standard InChI is InChI=1S/C13H18ClNO/c1-2-11-9-10(7-8-16-11)15-13-6-4-3-5-12(13)14/h3-6,10-11,15H,2,7-9H2,1H3. The van der Waals surface area contributed by atoms with Crippen molar-refractivity contribution in [2.45, 2.75) is 38.3 Å². The Labute approximate surface area is 102 Å². The van der Waals surface area contributed by atoms with Crippen LogP contribution in [0.3, 0.4) is 0 Å². The Balaban J connectivity index is 1.97. The second-order valence-corrected chi connectivity index (χ2v) is 4.65. The van der Waals surface area contributed by atoms with Crippen LogP contribution in [0.2, 0.25) is 5.02 Å². The van der Waals surface area contributed by atoms with Gasteiger partial charge in [-0.25, -0.2) is 0 Å². The van der Waals surface area contributed by atoms with Crippen LogP contribution in [0.4, 0.5) is 5.69 Å². The SMILES string of the molecule is CCC1CC(Nc2ccccc2Cl)CCO1. The highest BCUT2D eigenvalue weighted by Crippen LogP contribution is 2.25. The molecule has 2 atom stereocenters. The molecule has 1 aliphatic rings. The molecule has 1 saturated heterocycles. The summed E-state index contributed by atoms with van der Waals surface area (Å²) in [5.74, 6) is 0. The van der Waals surface area contributed by atoms with Crippen molar-refractivity contribution in [1.82, 2.24) is 0 Å². The van der Waals surface area contributed by atoms with Crippen LogP contribution in [0.15, 0.2) is 24.3 Å². The van der Waals surface area contributed by atoms with Gasteiger partial charge in [-0.05, 0) is 31.4 Å². The van der Waals surface area contributed by atoms with Crippen molar-refractivity contribution in [1.29, 1.82) is 0 Å². The van der Waals surface area contributed by atoms with Crippen molar-refractivity contribution in [3.63, 3.8) is 0 Å². The summed E-state index contributed by atoms with van der Waals surface area (Å²) in [4.78, 5) is 0. The Bertz CT molecular complexity index is 342. The van der Waals surface area contributed by atoms with Gasteiger partial charge >= 0.3 is 0 Å². The Morgan fingerprint density at radius 3 is 3.00 bits per heavy atom. The number of anilines is 1. The zero-order valence-corrected chi connectivity index (χ0v) is 10.3. The van der Waals surface area contributed by atoms with E-state index in [0.29, 0.717) is 12.1 Å². The van der Waals surface area contributed by atoms with Gasteiger partial charge in [-0.1, -0.05) is 30.7 Å². The maximum atomic E-state index is 6.12. The fourth-order valence-corrected chi connectivity index (χ4v) is 2.28. The summed E-state index contributed by atoms with van der Waals surface area (Å²) in [5, 5.41) is 4.30. The molecule has 3 heteroatoms. The quantitative estimate of drug-likeness (QED) is 0.868. The van der Waals surface area contributed by atoms with Crippen LogP contribution < -0.4 is 5.32 Å². The Morgan fingerprint density at radius 2 is 2.25 bits per heavy atom. The lowest BCUT2D eigenvalue weighted by atomic mass is 10.0. The molecule has 1 aromatic carbocycles. The lowest BCUT2D eigenvalue weighted by molar-refractivity contribution is 0.00926. The molecular weight excluding hydrogens is 222 g/mol. The van der Waals surface area contributed by atoms with Gasteiger partial charge in [-0.15, -0.1) is 0 Å². The van der Waals surface area contributed by atoms with Gasteiger partial charge in [0.2, 0.25) is 0 Å². The monoisotopic (exact) mass is 239 g/mol. The number of hydrogen-bond acceptors (Lipinski definition) is 2. The van der Waals surface area contributed by atoms with Crippen LogP contribution >= 0.6 is 11.6 Å². The number of para-hydroxylation sites is 1. The molecule has 1 heterocycles. The second kappa shape index (κ2) is 5.55. The molecule has 0 bridgehead atoms. The minimum absolute atomic E-state index is 0.397. The molecule has 2 nitrogen and oxygen atoms in total. The molecule has 0 saturated carbocycles. The van der Waals surface area contributed by atoms with Gasteiger partial charge in [0.15, 0.2) is 0 Å².